The van der Waals surface area contributed by atoms with Crippen molar-refractivity contribution in [3.8, 4) is 0 Å². The van der Waals surface area contributed by atoms with Crippen molar-refractivity contribution in [1.82, 2.24) is 0 Å². The minimum absolute atomic E-state index is 0.0420. The molecule has 1 heterocycles. The molecule has 28 heavy (non-hydrogen) atoms. The largest absolute Gasteiger partial charge is 0.393 e. The maximum Gasteiger partial charge on any atom is 0.178 e. The van der Waals surface area contributed by atoms with Crippen LogP contribution in [0.5, 0.6) is 0 Å². The van der Waals surface area contributed by atoms with Gasteiger partial charge >= 0.3 is 0 Å². The number of ketones is 1. The Labute approximate surface area is 166 Å². The summed E-state index contributed by atoms with van der Waals surface area (Å²) in [6.07, 6.45) is 8.63. The Hall–Kier alpha value is -1.30. The summed E-state index contributed by atoms with van der Waals surface area (Å²) in [6, 6.07) is 0. The summed E-state index contributed by atoms with van der Waals surface area (Å²) in [5.74, 6) is -0.184. The van der Waals surface area contributed by atoms with E-state index in [2.05, 4.69) is 13.8 Å². The van der Waals surface area contributed by atoms with Gasteiger partial charge in [-0.1, -0.05) is 25.5 Å². The van der Waals surface area contributed by atoms with Gasteiger partial charge in [-0.3, -0.25) is 9.59 Å². The van der Waals surface area contributed by atoms with E-state index in [-0.39, 0.29) is 35.1 Å². The van der Waals surface area contributed by atoms with Gasteiger partial charge in [-0.25, -0.2) is 0 Å². The van der Waals surface area contributed by atoms with Gasteiger partial charge in [-0.15, -0.1) is 0 Å². The van der Waals surface area contributed by atoms with Crippen LogP contribution in [0.2, 0.25) is 0 Å². The molecule has 5 nitrogen and oxygen atoms in total. The molecule has 152 valence electrons. The summed E-state index contributed by atoms with van der Waals surface area (Å²) in [4.78, 5) is 24.3. The molecule has 5 aliphatic rings. The Kier molecular flexibility index (Phi) is 3.63. The van der Waals surface area contributed by atoms with Crippen LogP contribution in [0.25, 0.3) is 0 Å². The molecule has 0 aromatic heterocycles. The molecule has 8 atom stereocenters. The summed E-state index contributed by atoms with van der Waals surface area (Å²) < 4.78 is 12.5. The van der Waals surface area contributed by atoms with Gasteiger partial charge in [0.2, 0.25) is 0 Å². The van der Waals surface area contributed by atoms with Crippen LogP contribution in [0.1, 0.15) is 53.4 Å². The summed E-state index contributed by atoms with van der Waals surface area (Å²) in [7, 11) is 0. The zero-order chi connectivity index (χ0) is 20.1. The van der Waals surface area contributed by atoms with Crippen LogP contribution < -0.4 is 0 Å². The van der Waals surface area contributed by atoms with E-state index >= 15 is 0 Å². The monoisotopic (exact) mass is 386 g/mol. The zero-order valence-electron chi connectivity index (χ0n) is 17.1. The number of ether oxygens (including phenoxy) is 2. The van der Waals surface area contributed by atoms with E-state index in [4.69, 9.17) is 9.47 Å². The number of carbonyl (C=O) groups excluding carboxylic acids is 2. The standard InChI is InChI=1S/C23H30O5/c1-20(2)27-18-10-16-15-6-5-13-9-14(25)7-8-21(13,3)19(15)17(26)11-22(16,4)23(18,12-24)28-20/h7-9,12,15-19,26H,5-6,10-11H2,1-4H3/t15?,16?,17-,18+,19?,21?,22?,23+/m0/s1. The molecule has 1 aliphatic heterocycles. The van der Waals surface area contributed by atoms with E-state index in [1.807, 2.05) is 19.9 Å². The second kappa shape index (κ2) is 5.44. The number of hydrogen-bond donors (Lipinski definition) is 1. The second-order valence-electron chi connectivity index (χ2n) is 10.5. The van der Waals surface area contributed by atoms with Crippen molar-refractivity contribution >= 4 is 12.1 Å². The topological polar surface area (TPSA) is 72.8 Å². The summed E-state index contributed by atoms with van der Waals surface area (Å²) in [5.41, 5.74) is -0.618. The van der Waals surface area contributed by atoms with Crippen LogP contribution in [0.3, 0.4) is 0 Å². The number of fused-ring (bicyclic) bond motifs is 7. The number of carbonyl (C=O) groups is 2. The van der Waals surface area contributed by atoms with E-state index < -0.39 is 22.9 Å². The lowest BCUT2D eigenvalue weighted by Gasteiger charge is -2.59. The average molecular weight is 386 g/mol. The molecule has 4 aliphatic carbocycles. The average Bonchev–Trinajstić information content (AvgIpc) is 3.01. The first-order valence-corrected chi connectivity index (χ1v) is 10.5. The van der Waals surface area contributed by atoms with Crippen LogP contribution in [0.4, 0.5) is 0 Å². The molecule has 0 amide bonds. The van der Waals surface area contributed by atoms with Gasteiger partial charge < -0.3 is 14.6 Å². The van der Waals surface area contributed by atoms with Crippen molar-refractivity contribution in [1.29, 1.82) is 0 Å². The SMILES string of the molecule is CC1(C)O[C@@H]2CC3C4CCC5=CC(=O)C=CC5(C)C4[C@@H](O)CC3(C)[C@]2(C=O)O1. The zero-order valence-corrected chi connectivity index (χ0v) is 17.1. The van der Waals surface area contributed by atoms with E-state index in [0.717, 1.165) is 31.1 Å². The van der Waals surface area contributed by atoms with Crippen molar-refractivity contribution in [3.63, 3.8) is 0 Å². The van der Waals surface area contributed by atoms with Crippen LogP contribution in [-0.2, 0) is 19.1 Å². The summed E-state index contributed by atoms with van der Waals surface area (Å²) >= 11 is 0. The van der Waals surface area contributed by atoms with Gasteiger partial charge in [0.25, 0.3) is 0 Å². The number of aldehydes is 1. The number of rotatable bonds is 1. The lowest BCUT2D eigenvalue weighted by atomic mass is 9.46. The van der Waals surface area contributed by atoms with E-state index in [1.165, 1.54) is 0 Å². The Morgan fingerprint density at radius 2 is 2.00 bits per heavy atom. The van der Waals surface area contributed by atoms with Gasteiger partial charge in [0.1, 0.15) is 0 Å². The fourth-order valence-corrected chi connectivity index (χ4v) is 7.66. The highest BCUT2D eigenvalue weighted by Gasteiger charge is 2.74. The number of allylic oxidation sites excluding steroid dienone is 4. The second-order valence-corrected chi connectivity index (χ2v) is 10.5. The predicted octanol–water partition coefficient (Wildman–Crippen LogP) is 2.96. The highest BCUT2D eigenvalue weighted by Crippen LogP contribution is 2.69. The van der Waals surface area contributed by atoms with Crippen LogP contribution in [-0.4, -0.2) is 40.8 Å². The number of hydrogen-bond acceptors (Lipinski definition) is 5. The van der Waals surface area contributed by atoms with Gasteiger partial charge in [-0.2, -0.15) is 0 Å². The number of aliphatic hydroxyl groups excluding tert-OH is 1. The summed E-state index contributed by atoms with van der Waals surface area (Å²) in [6.45, 7) is 8.00. The fourth-order valence-electron chi connectivity index (χ4n) is 7.66. The first-order valence-electron chi connectivity index (χ1n) is 10.5. The molecular formula is C23H30O5. The van der Waals surface area contributed by atoms with Gasteiger partial charge in [0.15, 0.2) is 23.5 Å². The third kappa shape index (κ3) is 2.08. The first-order chi connectivity index (χ1) is 13.1. The molecule has 1 N–H and O–H groups in total. The number of aliphatic hydroxyl groups is 1. The lowest BCUT2D eigenvalue weighted by molar-refractivity contribution is -0.219. The van der Waals surface area contributed by atoms with Gasteiger partial charge in [0, 0.05) is 16.7 Å². The molecule has 5 heteroatoms. The van der Waals surface area contributed by atoms with Crippen LogP contribution in [0.15, 0.2) is 23.8 Å². The first kappa shape index (κ1) is 18.7. The van der Waals surface area contributed by atoms with Crippen molar-refractivity contribution in [3.05, 3.63) is 23.8 Å². The summed E-state index contributed by atoms with van der Waals surface area (Å²) in [5, 5.41) is 11.4. The van der Waals surface area contributed by atoms with E-state index in [0.29, 0.717) is 6.42 Å². The third-order valence-corrected chi connectivity index (χ3v) is 8.74. The molecule has 0 aromatic rings. The van der Waals surface area contributed by atoms with Gasteiger partial charge in [0.05, 0.1) is 12.2 Å². The van der Waals surface area contributed by atoms with Crippen molar-refractivity contribution in [2.45, 2.75) is 77.0 Å². The molecule has 1 saturated heterocycles. The minimum Gasteiger partial charge on any atom is -0.393 e. The molecule has 5 unspecified atom stereocenters. The van der Waals surface area contributed by atoms with E-state index in [9.17, 15) is 14.7 Å². The van der Waals surface area contributed by atoms with Crippen molar-refractivity contribution in [2.75, 3.05) is 0 Å². The van der Waals surface area contributed by atoms with Crippen LogP contribution >= 0.6 is 0 Å². The highest BCUT2D eigenvalue weighted by molar-refractivity contribution is 6.01. The van der Waals surface area contributed by atoms with Crippen molar-refractivity contribution in [2.24, 2.45) is 28.6 Å². The highest BCUT2D eigenvalue weighted by atomic mass is 16.8. The molecule has 5 rings (SSSR count). The van der Waals surface area contributed by atoms with Gasteiger partial charge in [-0.05, 0) is 63.5 Å². The fraction of sp³-hybridized carbons (Fsp3) is 0.739. The van der Waals surface area contributed by atoms with Crippen LogP contribution in [0, 0.1) is 28.6 Å². The molecule has 4 fully saturated rings. The molecule has 0 bridgehead atoms. The van der Waals surface area contributed by atoms with E-state index in [1.54, 1.807) is 12.2 Å². The molecular weight excluding hydrogens is 356 g/mol. The minimum atomic E-state index is -0.998. The predicted molar refractivity (Wildman–Crippen MR) is 102 cm³/mol. The normalized spacial score (nSPS) is 53.7. The molecule has 0 spiro atoms. The lowest BCUT2D eigenvalue weighted by Crippen LogP contribution is -2.61. The third-order valence-electron chi connectivity index (χ3n) is 8.74. The Bertz CT molecular complexity index is 812. The Morgan fingerprint density at radius 3 is 2.71 bits per heavy atom. The maximum atomic E-state index is 12.4. The quantitative estimate of drug-likeness (QED) is 0.702. The molecule has 0 aromatic carbocycles. The smallest absolute Gasteiger partial charge is 0.178 e. The maximum absolute atomic E-state index is 12.4. The Morgan fingerprint density at radius 1 is 1.25 bits per heavy atom. The van der Waals surface area contributed by atoms with Crippen molar-refractivity contribution < 1.29 is 24.2 Å². The molecule has 3 saturated carbocycles. The Balaban J connectivity index is 1.57. The molecule has 0 radical (unpaired) electrons.